The smallest absolute Gasteiger partial charge is 0.217 e. The van der Waals surface area contributed by atoms with Gasteiger partial charge in [-0.25, -0.2) is 13.9 Å². The van der Waals surface area contributed by atoms with E-state index in [2.05, 4.69) is 10.1 Å². The minimum atomic E-state index is -1.38. The maximum Gasteiger partial charge on any atom is 0.217 e. The zero-order valence-electron chi connectivity index (χ0n) is 12.7. The number of ether oxygens (including phenoxy) is 2. The van der Waals surface area contributed by atoms with Crippen LogP contribution in [0.15, 0.2) is 30.9 Å². The number of benzene rings is 1. The summed E-state index contributed by atoms with van der Waals surface area (Å²) in [4.78, 5) is 3.93. The third-order valence-corrected chi connectivity index (χ3v) is 4.47. The Morgan fingerprint density at radius 3 is 3.00 bits per heavy atom. The topological polar surface area (TPSA) is 75.5 Å². The van der Waals surface area contributed by atoms with E-state index in [1.807, 2.05) is 0 Å². The molecule has 0 aliphatic carbocycles. The van der Waals surface area contributed by atoms with Crippen LogP contribution < -0.4 is 0 Å². The highest BCUT2D eigenvalue weighted by Crippen LogP contribution is 2.40. The maximum absolute atomic E-state index is 11.1. The second-order valence-electron chi connectivity index (χ2n) is 5.21. The predicted molar refractivity (Wildman–Crippen MR) is 89.0 cm³/mol. The van der Waals surface area contributed by atoms with Gasteiger partial charge in [0.05, 0.1) is 18.2 Å². The molecule has 3 atom stereocenters. The van der Waals surface area contributed by atoms with Gasteiger partial charge in [0.2, 0.25) is 5.79 Å². The molecule has 2 heterocycles. The second kappa shape index (κ2) is 7.47. The molecule has 1 fully saturated rings. The fraction of sp³-hybridized carbons (Fsp3) is 0.429. The Balaban J connectivity index is 1.89. The van der Waals surface area contributed by atoms with Gasteiger partial charge in [-0.1, -0.05) is 29.3 Å². The molecular weight excluding hydrogens is 377 g/mol. The van der Waals surface area contributed by atoms with Crippen molar-refractivity contribution >= 4 is 34.3 Å². The van der Waals surface area contributed by atoms with E-state index >= 15 is 0 Å². The Morgan fingerprint density at radius 1 is 1.50 bits per heavy atom. The normalized spacial score (nSPS) is 25.0. The summed E-state index contributed by atoms with van der Waals surface area (Å²) < 4.78 is 29.9. The lowest BCUT2D eigenvalue weighted by Crippen LogP contribution is -2.35. The van der Waals surface area contributed by atoms with Crippen LogP contribution in [0.3, 0.4) is 0 Å². The van der Waals surface area contributed by atoms with Crippen molar-refractivity contribution in [1.82, 2.24) is 14.8 Å². The van der Waals surface area contributed by atoms with Gasteiger partial charge >= 0.3 is 0 Å². The minimum absolute atomic E-state index is 0.146. The molecule has 24 heavy (non-hydrogen) atoms. The van der Waals surface area contributed by atoms with Crippen LogP contribution in [-0.4, -0.2) is 44.5 Å². The van der Waals surface area contributed by atoms with E-state index in [9.17, 15) is 4.21 Å². The number of hydrogen-bond acceptors (Lipinski definition) is 6. The van der Waals surface area contributed by atoms with Gasteiger partial charge in [-0.15, -0.1) is 0 Å². The molecule has 0 spiro atoms. The van der Waals surface area contributed by atoms with Crippen LogP contribution in [0.25, 0.3) is 0 Å². The number of nitrogens with zero attached hydrogens (tertiary/aromatic N) is 3. The molecule has 1 aliphatic heterocycles. The summed E-state index contributed by atoms with van der Waals surface area (Å²) in [6, 6.07) is 5.09. The quantitative estimate of drug-likeness (QED) is 0.750. The summed E-state index contributed by atoms with van der Waals surface area (Å²) in [6.45, 7) is 0.665. The van der Waals surface area contributed by atoms with Crippen LogP contribution in [0.4, 0.5) is 0 Å². The fourth-order valence-corrected chi connectivity index (χ4v) is 3.35. The molecule has 1 aromatic carbocycles. The van der Waals surface area contributed by atoms with Crippen molar-refractivity contribution in [2.24, 2.45) is 0 Å². The SMILES string of the molecule is CS(=O)OC[C@H]1CO[C@](Cn2cncn2)(c2ccc(Cl)cc2Cl)O1. The molecule has 0 radical (unpaired) electrons. The van der Waals surface area contributed by atoms with E-state index in [1.165, 1.54) is 12.6 Å². The third kappa shape index (κ3) is 3.96. The van der Waals surface area contributed by atoms with E-state index in [1.54, 1.807) is 29.2 Å². The Hall–Kier alpha value is -1.03. The summed E-state index contributed by atoms with van der Waals surface area (Å²) in [6.07, 6.45) is 4.05. The van der Waals surface area contributed by atoms with Gasteiger partial charge in [0.15, 0.2) is 11.1 Å². The Morgan fingerprint density at radius 2 is 2.33 bits per heavy atom. The Kier molecular flexibility index (Phi) is 5.53. The first-order chi connectivity index (χ1) is 11.5. The highest BCUT2D eigenvalue weighted by molar-refractivity contribution is 7.79. The molecule has 2 aromatic rings. The van der Waals surface area contributed by atoms with Crippen LogP contribution in [0, 0.1) is 0 Å². The zero-order chi connectivity index (χ0) is 17.2. The summed E-state index contributed by atoms with van der Waals surface area (Å²) in [5.41, 5.74) is 0.629. The molecule has 7 nitrogen and oxygen atoms in total. The molecule has 1 aliphatic rings. The number of rotatable bonds is 6. The molecule has 1 unspecified atom stereocenters. The lowest BCUT2D eigenvalue weighted by atomic mass is 10.1. The van der Waals surface area contributed by atoms with Crippen LogP contribution in [0.2, 0.25) is 10.0 Å². The zero-order valence-corrected chi connectivity index (χ0v) is 15.1. The van der Waals surface area contributed by atoms with Crippen LogP contribution in [-0.2, 0) is 37.1 Å². The van der Waals surface area contributed by atoms with E-state index in [0.717, 1.165) is 0 Å². The highest BCUT2D eigenvalue weighted by Gasteiger charge is 2.45. The number of hydrogen-bond donors (Lipinski definition) is 0. The van der Waals surface area contributed by atoms with Crippen molar-refractivity contribution < 1.29 is 17.9 Å². The maximum atomic E-state index is 11.1. The first-order valence-electron chi connectivity index (χ1n) is 7.05. The van der Waals surface area contributed by atoms with Gasteiger partial charge in [0.1, 0.15) is 25.3 Å². The van der Waals surface area contributed by atoms with Gasteiger partial charge in [-0.3, -0.25) is 4.18 Å². The Bertz CT molecular complexity index is 731. The van der Waals surface area contributed by atoms with Crippen LogP contribution in [0.1, 0.15) is 5.56 Å². The second-order valence-corrected chi connectivity index (χ2v) is 7.09. The molecule has 130 valence electrons. The summed E-state index contributed by atoms with van der Waals surface area (Å²) >= 11 is 10.9. The summed E-state index contributed by atoms with van der Waals surface area (Å²) in [5, 5.41) is 5.03. The van der Waals surface area contributed by atoms with Gasteiger partial charge in [0, 0.05) is 16.8 Å². The predicted octanol–water partition coefficient (Wildman–Crippen LogP) is 2.16. The van der Waals surface area contributed by atoms with E-state index in [0.29, 0.717) is 15.6 Å². The molecule has 10 heteroatoms. The minimum Gasteiger partial charge on any atom is -0.342 e. The fourth-order valence-electron chi connectivity index (χ4n) is 2.45. The van der Waals surface area contributed by atoms with Gasteiger partial charge in [0.25, 0.3) is 0 Å². The first kappa shape index (κ1) is 17.8. The summed E-state index contributed by atoms with van der Waals surface area (Å²) in [7, 11) is 0. The first-order valence-corrected chi connectivity index (χ1v) is 9.29. The monoisotopic (exact) mass is 391 g/mol. The molecule has 3 rings (SSSR count). The largest absolute Gasteiger partial charge is 0.342 e. The van der Waals surface area contributed by atoms with Gasteiger partial charge in [-0.2, -0.15) is 5.10 Å². The number of aromatic nitrogens is 3. The Labute approximate surface area is 151 Å². The van der Waals surface area contributed by atoms with Crippen molar-refractivity contribution in [2.75, 3.05) is 19.5 Å². The van der Waals surface area contributed by atoms with Crippen molar-refractivity contribution in [3.05, 3.63) is 46.5 Å². The lowest BCUT2D eigenvalue weighted by molar-refractivity contribution is -0.190. The van der Waals surface area contributed by atoms with Crippen molar-refractivity contribution in [1.29, 1.82) is 0 Å². The van der Waals surface area contributed by atoms with E-state index < -0.39 is 16.9 Å². The highest BCUT2D eigenvalue weighted by atomic mass is 35.5. The van der Waals surface area contributed by atoms with Gasteiger partial charge < -0.3 is 9.47 Å². The molecule has 0 bridgehead atoms. The molecule has 0 N–H and O–H groups in total. The van der Waals surface area contributed by atoms with Crippen LogP contribution >= 0.6 is 23.2 Å². The van der Waals surface area contributed by atoms with Crippen molar-refractivity contribution in [3.63, 3.8) is 0 Å². The standard InChI is InChI=1S/C14H15Cl2N3O4S/c1-24(20)22-6-11-5-21-14(23-11,7-19-9-17-8-18-19)12-3-2-10(15)4-13(12)16/h2-4,8-9,11H,5-7H2,1H3/t11-,14+,24?/m1/s1. The molecule has 1 aromatic heterocycles. The van der Waals surface area contributed by atoms with Crippen molar-refractivity contribution in [2.45, 2.75) is 18.4 Å². The average molecular weight is 392 g/mol. The van der Waals surface area contributed by atoms with Gasteiger partial charge in [-0.05, 0) is 12.1 Å². The molecule has 0 saturated carbocycles. The summed E-state index contributed by atoms with van der Waals surface area (Å²) in [5.74, 6) is -1.15. The van der Waals surface area contributed by atoms with Crippen molar-refractivity contribution in [3.8, 4) is 0 Å². The molecule has 0 amide bonds. The van der Waals surface area contributed by atoms with E-state index in [4.69, 9.17) is 36.9 Å². The van der Waals surface area contributed by atoms with E-state index in [-0.39, 0.29) is 25.9 Å². The molecular formula is C14H15Cl2N3O4S. The third-order valence-electron chi connectivity index (χ3n) is 3.46. The van der Waals surface area contributed by atoms with Crippen LogP contribution in [0.5, 0.6) is 0 Å². The average Bonchev–Trinajstić information content (AvgIpc) is 3.16. The number of halogens is 2. The molecule has 1 saturated heterocycles. The lowest BCUT2D eigenvalue weighted by Gasteiger charge is -2.29.